The van der Waals surface area contributed by atoms with Crippen molar-refractivity contribution in [2.75, 3.05) is 26.2 Å². The van der Waals surface area contributed by atoms with Gasteiger partial charge in [0.05, 0.1) is 0 Å². The van der Waals surface area contributed by atoms with Crippen LogP contribution in [0.2, 0.25) is 0 Å². The Morgan fingerprint density at radius 2 is 1.85 bits per heavy atom. The van der Waals surface area contributed by atoms with E-state index in [2.05, 4.69) is 45.7 Å². The Morgan fingerprint density at radius 3 is 2.63 bits per heavy atom. The van der Waals surface area contributed by atoms with Crippen LogP contribution in [0.25, 0.3) is 11.3 Å². The third-order valence-corrected chi connectivity index (χ3v) is 5.06. The molecule has 1 aromatic heterocycles. The molecule has 0 spiro atoms. The Hall–Kier alpha value is -2.92. The van der Waals surface area contributed by atoms with E-state index in [4.69, 9.17) is 4.52 Å². The summed E-state index contributed by atoms with van der Waals surface area (Å²) < 4.78 is 5.29. The van der Waals surface area contributed by atoms with E-state index in [9.17, 15) is 4.79 Å². The number of amides is 1. The quantitative estimate of drug-likeness (QED) is 0.729. The van der Waals surface area contributed by atoms with Crippen molar-refractivity contribution in [1.29, 1.82) is 0 Å². The Morgan fingerprint density at radius 1 is 1.11 bits per heavy atom. The number of aromatic nitrogens is 1. The van der Waals surface area contributed by atoms with Gasteiger partial charge in [-0.2, -0.15) is 0 Å². The van der Waals surface area contributed by atoms with Crippen LogP contribution >= 0.6 is 0 Å². The Bertz CT molecular complexity index is 877. The number of likely N-dealkylation sites (tertiary alicyclic amines) is 1. The molecular weight excluding hydrogens is 338 g/mol. The lowest BCUT2D eigenvalue weighted by Crippen LogP contribution is -2.33. The molecule has 0 radical (unpaired) electrons. The number of benzene rings is 2. The standard InChI is InChI=1S/C22H23N3O2/c26-22(20-15-21(27-24-20)18-9-5-2-6-10-18)23-12-14-25-13-11-19(16-25)17-7-3-1-4-8-17/h1-10,15,19H,11-14,16H2,(H,23,26). The number of rotatable bonds is 6. The van der Waals surface area contributed by atoms with Crippen molar-refractivity contribution in [1.82, 2.24) is 15.4 Å². The van der Waals surface area contributed by atoms with Crippen LogP contribution in [0, 0.1) is 0 Å². The molecule has 0 saturated carbocycles. The van der Waals surface area contributed by atoms with E-state index in [1.54, 1.807) is 6.07 Å². The molecule has 3 aromatic rings. The van der Waals surface area contributed by atoms with Crippen molar-refractivity contribution in [3.8, 4) is 11.3 Å². The minimum atomic E-state index is -0.195. The van der Waals surface area contributed by atoms with Crippen molar-refractivity contribution in [3.63, 3.8) is 0 Å². The highest BCUT2D eigenvalue weighted by Crippen LogP contribution is 2.26. The fraction of sp³-hybridized carbons (Fsp3) is 0.273. The van der Waals surface area contributed by atoms with Gasteiger partial charge in [-0.15, -0.1) is 0 Å². The van der Waals surface area contributed by atoms with Crippen LogP contribution in [0.15, 0.2) is 71.3 Å². The molecule has 138 valence electrons. The molecule has 0 bridgehead atoms. The molecule has 5 heteroatoms. The lowest BCUT2D eigenvalue weighted by atomic mass is 9.99. The van der Waals surface area contributed by atoms with Gasteiger partial charge in [-0.05, 0) is 24.4 Å². The summed E-state index contributed by atoms with van der Waals surface area (Å²) in [6.45, 7) is 3.56. The maximum Gasteiger partial charge on any atom is 0.273 e. The molecule has 0 aliphatic carbocycles. The van der Waals surface area contributed by atoms with Gasteiger partial charge < -0.3 is 14.7 Å². The van der Waals surface area contributed by atoms with Crippen LogP contribution in [-0.4, -0.2) is 42.1 Å². The molecule has 27 heavy (non-hydrogen) atoms. The van der Waals surface area contributed by atoms with Gasteiger partial charge in [-0.3, -0.25) is 4.79 Å². The maximum atomic E-state index is 12.3. The lowest BCUT2D eigenvalue weighted by molar-refractivity contribution is 0.0940. The largest absolute Gasteiger partial charge is 0.355 e. The molecule has 4 rings (SSSR count). The van der Waals surface area contributed by atoms with Crippen LogP contribution in [0.1, 0.15) is 28.4 Å². The first kappa shape index (κ1) is 17.5. The van der Waals surface area contributed by atoms with Crippen molar-refractivity contribution < 1.29 is 9.32 Å². The van der Waals surface area contributed by atoms with E-state index in [0.29, 0.717) is 23.9 Å². The van der Waals surface area contributed by atoms with E-state index in [0.717, 1.165) is 25.2 Å². The monoisotopic (exact) mass is 361 g/mol. The van der Waals surface area contributed by atoms with Gasteiger partial charge in [0, 0.05) is 31.3 Å². The minimum Gasteiger partial charge on any atom is -0.355 e. The lowest BCUT2D eigenvalue weighted by Gasteiger charge is -2.16. The third-order valence-electron chi connectivity index (χ3n) is 5.06. The summed E-state index contributed by atoms with van der Waals surface area (Å²) >= 11 is 0. The van der Waals surface area contributed by atoms with Crippen molar-refractivity contribution in [3.05, 3.63) is 78.0 Å². The normalized spacial score (nSPS) is 17.1. The van der Waals surface area contributed by atoms with Crippen LogP contribution in [-0.2, 0) is 0 Å². The second-order valence-corrected chi connectivity index (χ2v) is 6.90. The summed E-state index contributed by atoms with van der Waals surface area (Å²) in [5.41, 5.74) is 2.63. The molecule has 1 aliphatic rings. The predicted octanol–water partition coefficient (Wildman–Crippen LogP) is 3.56. The van der Waals surface area contributed by atoms with Gasteiger partial charge in [0.1, 0.15) is 0 Å². The first-order valence-corrected chi connectivity index (χ1v) is 9.37. The number of nitrogens with one attached hydrogen (secondary N) is 1. The smallest absolute Gasteiger partial charge is 0.273 e. The molecule has 1 aliphatic heterocycles. The van der Waals surface area contributed by atoms with E-state index in [1.165, 1.54) is 12.0 Å². The topological polar surface area (TPSA) is 58.4 Å². The van der Waals surface area contributed by atoms with E-state index in [-0.39, 0.29) is 5.91 Å². The first-order chi connectivity index (χ1) is 13.3. The Balaban J connectivity index is 1.25. The average molecular weight is 361 g/mol. The number of carbonyl (C=O) groups is 1. The van der Waals surface area contributed by atoms with Crippen molar-refractivity contribution >= 4 is 5.91 Å². The van der Waals surface area contributed by atoms with Gasteiger partial charge in [-0.1, -0.05) is 65.8 Å². The number of carbonyl (C=O) groups excluding carboxylic acids is 1. The second kappa shape index (κ2) is 8.18. The van der Waals surface area contributed by atoms with Gasteiger partial charge in [0.15, 0.2) is 11.5 Å². The van der Waals surface area contributed by atoms with Crippen LogP contribution in [0.3, 0.4) is 0 Å². The summed E-state index contributed by atoms with van der Waals surface area (Å²) in [6, 6.07) is 22.0. The summed E-state index contributed by atoms with van der Waals surface area (Å²) in [5, 5.41) is 6.84. The molecule has 1 atom stereocenters. The fourth-order valence-corrected chi connectivity index (χ4v) is 3.57. The highest BCUT2D eigenvalue weighted by atomic mass is 16.5. The molecule has 1 amide bonds. The maximum absolute atomic E-state index is 12.3. The zero-order valence-electron chi connectivity index (χ0n) is 15.2. The van der Waals surface area contributed by atoms with Crippen LogP contribution < -0.4 is 5.32 Å². The molecule has 1 unspecified atom stereocenters. The zero-order valence-corrected chi connectivity index (χ0v) is 15.2. The van der Waals surface area contributed by atoms with Crippen molar-refractivity contribution in [2.24, 2.45) is 0 Å². The van der Waals surface area contributed by atoms with Gasteiger partial charge in [-0.25, -0.2) is 0 Å². The fourth-order valence-electron chi connectivity index (χ4n) is 3.57. The average Bonchev–Trinajstić information content (AvgIpc) is 3.39. The SMILES string of the molecule is O=C(NCCN1CCC(c2ccccc2)C1)c1cc(-c2ccccc2)on1. The van der Waals surface area contributed by atoms with Gasteiger partial charge >= 0.3 is 0 Å². The Labute approximate surface area is 159 Å². The molecule has 5 nitrogen and oxygen atoms in total. The highest BCUT2D eigenvalue weighted by Gasteiger charge is 2.23. The summed E-state index contributed by atoms with van der Waals surface area (Å²) in [6.07, 6.45) is 1.17. The van der Waals surface area contributed by atoms with E-state index >= 15 is 0 Å². The first-order valence-electron chi connectivity index (χ1n) is 9.37. The summed E-state index contributed by atoms with van der Waals surface area (Å²) in [7, 11) is 0. The minimum absolute atomic E-state index is 0.195. The number of nitrogens with zero attached hydrogens (tertiary/aromatic N) is 2. The molecule has 1 saturated heterocycles. The van der Waals surface area contributed by atoms with Gasteiger partial charge in [0.2, 0.25) is 0 Å². The molecule has 1 fully saturated rings. The second-order valence-electron chi connectivity index (χ2n) is 6.90. The predicted molar refractivity (Wildman–Crippen MR) is 105 cm³/mol. The van der Waals surface area contributed by atoms with Crippen LogP contribution in [0.5, 0.6) is 0 Å². The summed E-state index contributed by atoms with van der Waals surface area (Å²) in [5.74, 6) is 0.997. The number of hydrogen-bond donors (Lipinski definition) is 1. The molecule has 1 N–H and O–H groups in total. The van der Waals surface area contributed by atoms with E-state index in [1.807, 2.05) is 30.3 Å². The molecule has 2 heterocycles. The number of hydrogen-bond acceptors (Lipinski definition) is 4. The summed E-state index contributed by atoms with van der Waals surface area (Å²) in [4.78, 5) is 14.7. The third kappa shape index (κ3) is 4.26. The zero-order chi connectivity index (χ0) is 18.5. The van der Waals surface area contributed by atoms with Crippen LogP contribution in [0.4, 0.5) is 0 Å². The highest BCUT2D eigenvalue weighted by molar-refractivity contribution is 5.93. The van der Waals surface area contributed by atoms with Gasteiger partial charge in [0.25, 0.3) is 5.91 Å². The molecule has 2 aromatic carbocycles. The Kier molecular flexibility index (Phi) is 5.30. The molecular formula is C22H23N3O2. The van der Waals surface area contributed by atoms with E-state index < -0.39 is 0 Å². The van der Waals surface area contributed by atoms with Crippen molar-refractivity contribution in [2.45, 2.75) is 12.3 Å².